The maximum atomic E-state index is 12.8. The molecule has 1 aliphatic rings. The van der Waals surface area contributed by atoms with Gasteiger partial charge in [0.2, 0.25) is 0 Å². The van der Waals surface area contributed by atoms with E-state index in [9.17, 15) is 9.59 Å². The molecule has 7 nitrogen and oxygen atoms in total. The zero-order valence-electron chi connectivity index (χ0n) is 19.6. The summed E-state index contributed by atoms with van der Waals surface area (Å²) in [6, 6.07) is 11.2. The number of hydrogen-bond acceptors (Lipinski definition) is 6. The lowest BCUT2D eigenvalue weighted by Crippen LogP contribution is -2.40. The van der Waals surface area contributed by atoms with Crippen molar-refractivity contribution in [2.24, 2.45) is 0 Å². The first kappa shape index (κ1) is 24.2. The molecule has 0 aliphatic carbocycles. The van der Waals surface area contributed by atoms with Gasteiger partial charge in [-0.2, -0.15) is 0 Å². The number of pyridine rings is 1. The first-order chi connectivity index (χ1) is 16.1. The topological polar surface area (TPSA) is 84.4 Å². The number of benzene rings is 1. The van der Waals surface area contributed by atoms with Crippen LogP contribution in [0.25, 0.3) is 0 Å². The van der Waals surface area contributed by atoms with E-state index in [0.717, 1.165) is 33.8 Å². The zero-order valence-corrected chi connectivity index (χ0v) is 21.2. The molecule has 3 aromatic rings. The fourth-order valence-electron chi connectivity index (χ4n) is 3.62. The molecule has 2 aromatic heterocycles. The summed E-state index contributed by atoms with van der Waals surface area (Å²) in [5, 5.41) is 4.12. The summed E-state index contributed by atoms with van der Waals surface area (Å²) >= 11 is 7.42. The van der Waals surface area contributed by atoms with E-state index < -0.39 is 5.60 Å². The number of anilines is 1. The smallest absolute Gasteiger partial charge is 0.410 e. The number of nitrogens with one attached hydrogen (secondary N) is 1. The Morgan fingerprint density at radius 3 is 2.59 bits per heavy atom. The number of halogens is 1. The molecule has 0 saturated heterocycles. The molecule has 0 bridgehead atoms. The number of carbonyl (C=O) groups is 2. The van der Waals surface area contributed by atoms with Crippen LogP contribution in [0.5, 0.6) is 0 Å². The van der Waals surface area contributed by atoms with E-state index in [2.05, 4.69) is 15.3 Å². The van der Waals surface area contributed by atoms with Crippen LogP contribution in [0.1, 0.15) is 58.7 Å². The van der Waals surface area contributed by atoms with Crippen molar-refractivity contribution in [1.82, 2.24) is 14.9 Å². The van der Waals surface area contributed by atoms with E-state index in [1.165, 1.54) is 11.3 Å². The molecular formula is C25H27ClN4O3S. The molecule has 34 heavy (non-hydrogen) atoms. The van der Waals surface area contributed by atoms with Gasteiger partial charge in [0.1, 0.15) is 11.3 Å². The molecule has 178 valence electrons. The van der Waals surface area contributed by atoms with Crippen LogP contribution in [0.15, 0.2) is 36.4 Å². The summed E-state index contributed by atoms with van der Waals surface area (Å²) in [5.41, 5.74) is 3.55. The first-order valence-corrected chi connectivity index (χ1v) is 12.3. The predicted molar refractivity (Wildman–Crippen MR) is 134 cm³/mol. The third kappa shape index (κ3) is 5.93. The molecule has 1 aromatic carbocycles. The Bertz CT molecular complexity index is 1220. The minimum atomic E-state index is -0.541. The summed E-state index contributed by atoms with van der Waals surface area (Å²) in [6.07, 6.45) is 0.951. The van der Waals surface area contributed by atoms with E-state index in [4.69, 9.17) is 16.3 Å². The molecule has 0 spiro atoms. The van der Waals surface area contributed by atoms with Crippen LogP contribution >= 0.6 is 22.9 Å². The molecule has 0 fully saturated rings. The van der Waals surface area contributed by atoms with Gasteiger partial charge in [-0.05, 0) is 57.0 Å². The van der Waals surface area contributed by atoms with E-state index in [-0.39, 0.29) is 12.0 Å². The van der Waals surface area contributed by atoms with Crippen LogP contribution in [-0.2, 0) is 24.1 Å². The molecule has 9 heteroatoms. The predicted octanol–water partition coefficient (Wildman–Crippen LogP) is 5.64. The van der Waals surface area contributed by atoms with Gasteiger partial charge in [-0.15, -0.1) is 11.3 Å². The second-order valence-electron chi connectivity index (χ2n) is 9.24. The van der Waals surface area contributed by atoms with Gasteiger partial charge in [0.25, 0.3) is 5.91 Å². The fraction of sp³-hybridized carbons (Fsp3) is 0.360. The third-order valence-corrected chi connectivity index (χ3v) is 6.65. The second-order valence-corrected chi connectivity index (χ2v) is 10.8. The highest BCUT2D eigenvalue weighted by atomic mass is 35.5. The molecule has 1 N–H and O–H groups in total. The molecule has 0 saturated carbocycles. The lowest BCUT2D eigenvalue weighted by Gasteiger charge is -2.30. The van der Waals surface area contributed by atoms with Gasteiger partial charge in [0, 0.05) is 35.0 Å². The van der Waals surface area contributed by atoms with Gasteiger partial charge < -0.3 is 9.64 Å². The standard InChI is InChI=1S/C25H27ClN4O3S/c1-15-21(13-16-5-8-18(26)9-6-16)34-23(27-15)29-22(31)20-10-7-17-14-30(12-11-19(17)28-20)24(32)33-25(2,3)4/h5-10H,11-14H2,1-4H3,(H,27,29,31). The van der Waals surface area contributed by atoms with Gasteiger partial charge in [0.15, 0.2) is 5.13 Å². The van der Waals surface area contributed by atoms with Gasteiger partial charge in [-0.25, -0.2) is 14.8 Å². The number of nitrogens with zero attached hydrogens (tertiary/aromatic N) is 3. The number of fused-ring (bicyclic) bond motifs is 1. The quantitative estimate of drug-likeness (QED) is 0.503. The van der Waals surface area contributed by atoms with Crippen LogP contribution in [0, 0.1) is 6.92 Å². The van der Waals surface area contributed by atoms with Crippen LogP contribution in [0.3, 0.4) is 0 Å². The molecule has 2 amide bonds. The van der Waals surface area contributed by atoms with Crippen molar-refractivity contribution in [2.75, 3.05) is 11.9 Å². The van der Waals surface area contributed by atoms with E-state index in [1.807, 2.05) is 58.0 Å². The Balaban J connectivity index is 1.41. The number of aryl methyl sites for hydroxylation is 1. The van der Waals surface area contributed by atoms with Crippen LogP contribution in [-0.4, -0.2) is 39.0 Å². The summed E-state index contributed by atoms with van der Waals surface area (Å²) < 4.78 is 5.47. The highest BCUT2D eigenvalue weighted by Gasteiger charge is 2.27. The molecule has 4 rings (SSSR count). The van der Waals surface area contributed by atoms with Crippen molar-refractivity contribution in [3.05, 3.63) is 74.5 Å². The second kappa shape index (κ2) is 9.72. The van der Waals surface area contributed by atoms with E-state index in [1.54, 1.807) is 11.0 Å². The highest BCUT2D eigenvalue weighted by Crippen LogP contribution is 2.26. The summed E-state index contributed by atoms with van der Waals surface area (Å²) in [7, 11) is 0. The van der Waals surface area contributed by atoms with Crippen molar-refractivity contribution in [3.63, 3.8) is 0 Å². The van der Waals surface area contributed by atoms with Crippen molar-refractivity contribution >= 4 is 40.1 Å². The summed E-state index contributed by atoms with van der Waals surface area (Å²) in [5.74, 6) is -0.302. The van der Waals surface area contributed by atoms with Gasteiger partial charge in [-0.1, -0.05) is 29.8 Å². The summed E-state index contributed by atoms with van der Waals surface area (Å²) in [6.45, 7) is 8.39. The highest BCUT2D eigenvalue weighted by molar-refractivity contribution is 7.15. The van der Waals surface area contributed by atoms with Crippen molar-refractivity contribution in [1.29, 1.82) is 0 Å². The van der Waals surface area contributed by atoms with E-state index in [0.29, 0.717) is 35.4 Å². The molecule has 0 radical (unpaired) electrons. The minimum Gasteiger partial charge on any atom is -0.444 e. The van der Waals surface area contributed by atoms with Gasteiger partial charge >= 0.3 is 6.09 Å². The Kier molecular flexibility index (Phi) is 6.91. The van der Waals surface area contributed by atoms with Crippen LogP contribution < -0.4 is 5.32 Å². The number of thiazole rings is 1. The van der Waals surface area contributed by atoms with E-state index >= 15 is 0 Å². The lowest BCUT2D eigenvalue weighted by molar-refractivity contribution is 0.0222. The third-order valence-electron chi connectivity index (χ3n) is 5.32. The largest absolute Gasteiger partial charge is 0.444 e. The molecule has 0 atom stereocenters. The lowest BCUT2D eigenvalue weighted by atomic mass is 10.1. The van der Waals surface area contributed by atoms with Crippen molar-refractivity contribution in [2.45, 2.75) is 52.7 Å². The fourth-order valence-corrected chi connectivity index (χ4v) is 4.74. The Labute approximate surface area is 208 Å². The van der Waals surface area contributed by atoms with Crippen molar-refractivity contribution in [3.8, 4) is 0 Å². The summed E-state index contributed by atoms with van der Waals surface area (Å²) in [4.78, 5) is 37.0. The van der Waals surface area contributed by atoms with Crippen LogP contribution in [0.4, 0.5) is 9.93 Å². The Morgan fingerprint density at radius 2 is 1.88 bits per heavy atom. The first-order valence-electron chi connectivity index (χ1n) is 11.1. The Hall–Kier alpha value is -2.97. The number of hydrogen-bond donors (Lipinski definition) is 1. The number of rotatable bonds is 4. The molecule has 0 unspecified atom stereocenters. The van der Waals surface area contributed by atoms with Gasteiger partial charge in [0.05, 0.1) is 12.2 Å². The van der Waals surface area contributed by atoms with Crippen LogP contribution in [0.2, 0.25) is 5.02 Å². The monoisotopic (exact) mass is 498 g/mol. The number of carbonyl (C=O) groups excluding carboxylic acids is 2. The zero-order chi connectivity index (χ0) is 24.5. The molecule has 3 heterocycles. The average molecular weight is 499 g/mol. The maximum Gasteiger partial charge on any atom is 0.410 e. The minimum absolute atomic E-state index is 0.302. The molecule has 1 aliphatic heterocycles. The maximum absolute atomic E-state index is 12.8. The molecular weight excluding hydrogens is 472 g/mol. The number of amides is 2. The normalized spacial score (nSPS) is 13.4. The average Bonchev–Trinajstić information content (AvgIpc) is 3.11. The van der Waals surface area contributed by atoms with Gasteiger partial charge in [-0.3, -0.25) is 10.1 Å². The number of ether oxygens (including phenoxy) is 1. The number of aromatic nitrogens is 2. The SMILES string of the molecule is Cc1nc(NC(=O)c2ccc3c(n2)CCN(C(=O)OC(C)(C)C)C3)sc1Cc1ccc(Cl)cc1. The van der Waals surface area contributed by atoms with Crippen molar-refractivity contribution < 1.29 is 14.3 Å². The Morgan fingerprint density at radius 1 is 1.15 bits per heavy atom.